The Morgan fingerprint density at radius 1 is 1.29 bits per heavy atom. The SMILES string of the molecule is CC(C)(C)OC(=O)N1CC[C@@H](c2ccc(Br)cc2)[C@@H]2C[C@@H]21. The normalized spacial score (nSPS) is 28.0. The Morgan fingerprint density at radius 2 is 1.95 bits per heavy atom. The van der Waals surface area contributed by atoms with Gasteiger partial charge in [0.25, 0.3) is 0 Å². The average Bonchev–Trinajstić information content (AvgIpc) is 3.16. The van der Waals surface area contributed by atoms with Crippen molar-refractivity contribution >= 4 is 22.0 Å². The molecule has 1 aromatic carbocycles. The van der Waals surface area contributed by atoms with E-state index < -0.39 is 5.60 Å². The summed E-state index contributed by atoms with van der Waals surface area (Å²) in [5.41, 5.74) is 0.985. The van der Waals surface area contributed by atoms with E-state index in [0.717, 1.165) is 23.9 Å². The quantitative estimate of drug-likeness (QED) is 0.741. The number of ether oxygens (including phenoxy) is 1. The van der Waals surface area contributed by atoms with Crippen molar-refractivity contribution in [1.29, 1.82) is 0 Å². The molecule has 2 aliphatic rings. The van der Waals surface area contributed by atoms with Crippen LogP contribution in [-0.4, -0.2) is 29.2 Å². The second-order valence-corrected chi connectivity index (χ2v) is 8.00. The van der Waals surface area contributed by atoms with Gasteiger partial charge in [0.2, 0.25) is 0 Å². The van der Waals surface area contributed by atoms with Crippen LogP contribution in [-0.2, 0) is 4.74 Å². The molecule has 3 nitrogen and oxygen atoms in total. The number of hydrogen-bond acceptors (Lipinski definition) is 2. The number of carbonyl (C=O) groups excluding carboxylic acids is 1. The molecule has 0 N–H and O–H groups in total. The lowest BCUT2D eigenvalue weighted by Crippen LogP contribution is -2.42. The summed E-state index contributed by atoms with van der Waals surface area (Å²) in [7, 11) is 0. The molecule has 1 heterocycles. The molecule has 4 heteroatoms. The van der Waals surface area contributed by atoms with Gasteiger partial charge < -0.3 is 9.64 Å². The monoisotopic (exact) mass is 351 g/mol. The van der Waals surface area contributed by atoms with Crippen LogP contribution in [0.15, 0.2) is 28.7 Å². The third-order valence-corrected chi connectivity index (χ3v) is 4.86. The Labute approximate surface area is 134 Å². The zero-order chi connectivity index (χ0) is 15.2. The van der Waals surface area contributed by atoms with E-state index in [2.05, 4.69) is 40.2 Å². The van der Waals surface area contributed by atoms with E-state index in [1.165, 1.54) is 5.56 Å². The minimum absolute atomic E-state index is 0.149. The Balaban J connectivity index is 1.65. The topological polar surface area (TPSA) is 29.5 Å². The van der Waals surface area contributed by atoms with E-state index >= 15 is 0 Å². The fourth-order valence-corrected chi connectivity index (χ4v) is 3.58. The summed E-state index contributed by atoms with van der Waals surface area (Å²) in [6, 6.07) is 8.99. The van der Waals surface area contributed by atoms with Crippen LogP contribution in [0.25, 0.3) is 0 Å². The van der Waals surface area contributed by atoms with Crippen LogP contribution in [0, 0.1) is 5.92 Å². The number of fused-ring (bicyclic) bond motifs is 1. The molecule has 1 saturated heterocycles. The Bertz CT molecular complexity index is 535. The maximum absolute atomic E-state index is 12.2. The van der Waals surface area contributed by atoms with Crippen molar-refractivity contribution in [2.24, 2.45) is 5.92 Å². The van der Waals surface area contributed by atoms with Crippen molar-refractivity contribution in [3.8, 4) is 0 Å². The van der Waals surface area contributed by atoms with E-state index in [-0.39, 0.29) is 6.09 Å². The van der Waals surface area contributed by atoms with Crippen LogP contribution in [0.5, 0.6) is 0 Å². The first-order valence-corrected chi connectivity index (χ1v) is 8.39. The van der Waals surface area contributed by atoms with E-state index in [1.54, 1.807) is 0 Å². The molecule has 3 rings (SSSR count). The van der Waals surface area contributed by atoms with E-state index in [4.69, 9.17) is 4.74 Å². The Morgan fingerprint density at radius 3 is 2.57 bits per heavy atom. The van der Waals surface area contributed by atoms with Crippen LogP contribution >= 0.6 is 15.9 Å². The van der Waals surface area contributed by atoms with E-state index in [0.29, 0.717) is 17.9 Å². The number of nitrogens with zero attached hydrogens (tertiary/aromatic N) is 1. The van der Waals surface area contributed by atoms with Gasteiger partial charge >= 0.3 is 6.09 Å². The first-order chi connectivity index (χ1) is 9.85. The van der Waals surface area contributed by atoms with Crippen molar-refractivity contribution in [1.82, 2.24) is 4.90 Å². The molecule has 3 atom stereocenters. The highest BCUT2D eigenvalue weighted by atomic mass is 79.9. The Hall–Kier alpha value is -1.03. The summed E-state index contributed by atoms with van der Waals surface area (Å²) < 4.78 is 6.63. The fraction of sp³-hybridized carbons (Fsp3) is 0.588. The highest BCUT2D eigenvalue weighted by Crippen LogP contribution is 2.51. The maximum atomic E-state index is 12.2. The zero-order valence-corrected chi connectivity index (χ0v) is 14.4. The molecule has 0 bridgehead atoms. The summed E-state index contributed by atoms with van der Waals surface area (Å²) in [5, 5.41) is 0. The molecule has 2 fully saturated rings. The number of carbonyl (C=O) groups is 1. The second-order valence-electron chi connectivity index (χ2n) is 7.09. The van der Waals surface area contributed by atoms with Crippen LogP contribution in [0.2, 0.25) is 0 Å². The van der Waals surface area contributed by atoms with Crippen molar-refractivity contribution in [3.05, 3.63) is 34.3 Å². The molecule has 0 radical (unpaired) electrons. The lowest BCUT2D eigenvalue weighted by molar-refractivity contribution is 0.0183. The van der Waals surface area contributed by atoms with Gasteiger partial charge in [0, 0.05) is 17.1 Å². The fourth-order valence-electron chi connectivity index (χ4n) is 3.32. The number of rotatable bonds is 1. The zero-order valence-electron chi connectivity index (χ0n) is 12.8. The summed E-state index contributed by atoms with van der Waals surface area (Å²) in [6.45, 7) is 6.56. The molecular formula is C17H22BrNO2. The lowest BCUT2D eigenvalue weighted by Gasteiger charge is -2.33. The number of likely N-dealkylation sites (tertiary alicyclic amines) is 1. The number of piperidine rings is 1. The summed E-state index contributed by atoms with van der Waals surface area (Å²) in [6.07, 6.45) is 1.99. The smallest absolute Gasteiger partial charge is 0.410 e. The number of hydrogen-bond donors (Lipinski definition) is 0. The second kappa shape index (κ2) is 5.31. The molecule has 1 aliphatic heterocycles. The molecule has 0 spiro atoms. The molecule has 21 heavy (non-hydrogen) atoms. The van der Waals surface area contributed by atoms with E-state index in [9.17, 15) is 4.79 Å². The van der Waals surface area contributed by atoms with E-state index in [1.807, 2.05) is 25.7 Å². The van der Waals surface area contributed by atoms with Gasteiger partial charge in [-0.15, -0.1) is 0 Å². The predicted octanol–water partition coefficient (Wildman–Crippen LogP) is 4.56. The van der Waals surface area contributed by atoms with Crippen molar-refractivity contribution in [2.45, 2.75) is 51.2 Å². The highest BCUT2D eigenvalue weighted by Gasteiger charge is 2.52. The molecule has 0 unspecified atom stereocenters. The molecule has 1 amide bonds. The minimum Gasteiger partial charge on any atom is -0.444 e. The van der Waals surface area contributed by atoms with Gasteiger partial charge in [-0.25, -0.2) is 4.79 Å². The number of halogens is 1. The third-order valence-electron chi connectivity index (χ3n) is 4.33. The molecule has 114 valence electrons. The molecule has 1 aliphatic carbocycles. The molecule has 1 aromatic rings. The third kappa shape index (κ3) is 3.25. The van der Waals surface area contributed by atoms with Crippen LogP contribution in [0.3, 0.4) is 0 Å². The van der Waals surface area contributed by atoms with Gasteiger partial charge in [0.1, 0.15) is 5.60 Å². The van der Waals surface area contributed by atoms with Crippen LogP contribution in [0.1, 0.15) is 45.1 Å². The largest absolute Gasteiger partial charge is 0.444 e. The van der Waals surface area contributed by atoms with Crippen molar-refractivity contribution in [2.75, 3.05) is 6.54 Å². The van der Waals surface area contributed by atoms with Gasteiger partial charge in [0.15, 0.2) is 0 Å². The number of amides is 1. The van der Waals surface area contributed by atoms with Gasteiger partial charge in [0.05, 0.1) is 0 Å². The molecule has 1 saturated carbocycles. The van der Waals surface area contributed by atoms with Gasteiger partial charge in [-0.05, 0) is 63.1 Å². The lowest BCUT2D eigenvalue weighted by atomic mass is 9.88. The maximum Gasteiger partial charge on any atom is 0.410 e. The van der Waals surface area contributed by atoms with Crippen molar-refractivity contribution in [3.63, 3.8) is 0 Å². The van der Waals surface area contributed by atoms with Crippen LogP contribution in [0.4, 0.5) is 4.79 Å². The Kier molecular flexibility index (Phi) is 3.76. The predicted molar refractivity (Wildman–Crippen MR) is 86.3 cm³/mol. The molecule has 0 aromatic heterocycles. The highest BCUT2D eigenvalue weighted by molar-refractivity contribution is 9.10. The first kappa shape index (κ1) is 14.9. The summed E-state index contributed by atoms with van der Waals surface area (Å²) in [5.74, 6) is 1.19. The minimum atomic E-state index is -0.413. The van der Waals surface area contributed by atoms with Gasteiger partial charge in [-0.2, -0.15) is 0 Å². The summed E-state index contributed by atoms with van der Waals surface area (Å²) in [4.78, 5) is 14.2. The van der Waals surface area contributed by atoms with Crippen molar-refractivity contribution < 1.29 is 9.53 Å². The number of benzene rings is 1. The summed E-state index contributed by atoms with van der Waals surface area (Å²) >= 11 is 3.48. The van der Waals surface area contributed by atoms with Gasteiger partial charge in [-0.3, -0.25) is 0 Å². The standard InChI is InChI=1S/C17H22BrNO2/c1-17(2,3)21-16(20)19-9-8-13(14-10-15(14)19)11-4-6-12(18)7-5-11/h4-7,13-15H,8-10H2,1-3H3/t13-,14-,15-/m0/s1. The first-order valence-electron chi connectivity index (χ1n) is 7.60. The molecular weight excluding hydrogens is 330 g/mol. The van der Waals surface area contributed by atoms with Crippen LogP contribution < -0.4 is 0 Å². The average molecular weight is 352 g/mol. The van der Waals surface area contributed by atoms with Gasteiger partial charge in [-0.1, -0.05) is 28.1 Å².